The number of rotatable bonds is 1. The lowest BCUT2D eigenvalue weighted by Crippen LogP contribution is -2.27. The Kier molecular flexibility index (Phi) is 2.89. The van der Waals surface area contributed by atoms with E-state index in [0.29, 0.717) is 0 Å². The molecule has 4 heteroatoms. The standard InChI is InChI=1S/C11H11BrN2O/c1-14-6-5-10(13-7-15)8-3-2-4-9(12)11(8)14/h2-4,10H,5-6H2,1H3. The number of fused-ring (bicyclic) bond motifs is 1. The summed E-state index contributed by atoms with van der Waals surface area (Å²) >= 11 is 3.52. The Morgan fingerprint density at radius 3 is 3.13 bits per heavy atom. The summed E-state index contributed by atoms with van der Waals surface area (Å²) in [5.74, 6) is 0. The van der Waals surface area contributed by atoms with Crippen molar-refractivity contribution in [1.29, 1.82) is 0 Å². The molecule has 0 amide bonds. The lowest BCUT2D eigenvalue weighted by atomic mass is 9.97. The number of para-hydroxylation sites is 1. The van der Waals surface area contributed by atoms with Crippen molar-refractivity contribution in [2.75, 3.05) is 18.5 Å². The second-order valence-electron chi connectivity index (χ2n) is 3.62. The van der Waals surface area contributed by atoms with Gasteiger partial charge in [-0.3, -0.25) is 0 Å². The number of hydrogen-bond donors (Lipinski definition) is 0. The van der Waals surface area contributed by atoms with Crippen LogP contribution in [0.25, 0.3) is 0 Å². The number of hydrogen-bond acceptors (Lipinski definition) is 3. The Bertz CT molecular complexity index is 427. The smallest absolute Gasteiger partial charge is 0.235 e. The van der Waals surface area contributed by atoms with Crippen LogP contribution in [0.1, 0.15) is 18.0 Å². The van der Waals surface area contributed by atoms with Crippen LogP contribution in [0.3, 0.4) is 0 Å². The molecule has 1 atom stereocenters. The third-order valence-corrected chi connectivity index (χ3v) is 3.35. The molecule has 0 fully saturated rings. The minimum Gasteiger partial charge on any atom is -0.373 e. The molecule has 0 bridgehead atoms. The van der Waals surface area contributed by atoms with Gasteiger partial charge in [-0.1, -0.05) is 12.1 Å². The van der Waals surface area contributed by atoms with Gasteiger partial charge in [-0.05, 0) is 28.4 Å². The maximum atomic E-state index is 10.3. The van der Waals surface area contributed by atoms with E-state index in [1.54, 1.807) is 6.08 Å². The average molecular weight is 267 g/mol. The molecule has 1 aliphatic heterocycles. The van der Waals surface area contributed by atoms with Crippen molar-refractivity contribution in [3.8, 4) is 0 Å². The zero-order valence-electron chi connectivity index (χ0n) is 8.40. The predicted molar refractivity (Wildman–Crippen MR) is 62.9 cm³/mol. The van der Waals surface area contributed by atoms with Crippen LogP contribution in [0, 0.1) is 0 Å². The van der Waals surface area contributed by atoms with E-state index < -0.39 is 0 Å². The Labute approximate surface area is 96.9 Å². The second-order valence-corrected chi connectivity index (χ2v) is 4.48. The van der Waals surface area contributed by atoms with E-state index in [1.807, 2.05) is 25.2 Å². The molecule has 0 saturated heterocycles. The Morgan fingerprint density at radius 1 is 1.60 bits per heavy atom. The molecule has 0 aromatic heterocycles. The zero-order chi connectivity index (χ0) is 10.8. The maximum Gasteiger partial charge on any atom is 0.235 e. The molecular formula is C11H11BrN2O. The van der Waals surface area contributed by atoms with Crippen LogP contribution in [0.4, 0.5) is 5.69 Å². The lowest BCUT2D eigenvalue weighted by Gasteiger charge is -2.31. The summed E-state index contributed by atoms with van der Waals surface area (Å²) in [6.45, 7) is 0.908. The van der Waals surface area contributed by atoms with Gasteiger partial charge in [0.2, 0.25) is 6.08 Å². The van der Waals surface area contributed by atoms with Gasteiger partial charge in [0.15, 0.2) is 0 Å². The van der Waals surface area contributed by atoms with Crippen molar-refractivity contribution < 1.29 is 4.79 Å². The molecule has 0 N–H and O–H groups in total. The van der Waals surface area contributed by atoms with E-state index >= 15 is 0 Å². The Balaban J connectivity index is 2.54. The molecule has 1 heterocycles. The first kappa shape index (κ1) is 10.4. The van der Waals surface area contributed by atoms with Crippen LogP contribution in [0.5, 0.6) is 0 Å². The van der Waals surface area contributed by atoms with Gasteiger partial charge >= 0.3 is 0 Å². The van der Waals surface area contributed by atoms with Gasteiger partial charge in [-0.25, -0.2) is 4.79 Å². The molecule has 78 valence electrons. The molecule has 0 aliphatic carbocycles. The minimum absolute atomic E-state index is 0.0359. The fraction of sp³-hybridized carbons (Fsp3) is 0.364. The molecule has 2 rings (SSSR count). The first-order valence-corrected chi connectivity index (χ1v) is 5.60. The van der Waals surface area contributed by atoms with Gasteiger partial charge < -0.3 is 4.90 Å². The first-order valence-electron chi connectivity index (χ1n) is 4.80. The van der Waals surface area contributed by atoms with Crippen LogP contribution >= 0.6 is 15.9 Å². The van der Waals surface area contributed by atoms with E-state index in [4.69, 9.17) is 0 Å². The van der Waals surface area contributed by atoms with Gasteiger partial charge in [0.25, 0.3) is 0 Å². The van der Waals surface area contributed by atoms with Crippen LogP contribution in [0.15, 0.2) is 27.7 Å². The zero-order valence-corrected chi connectivity index (χ0v) is 9.99. The van der Waals surface area contributed by atoms with Crippen molar-refractivity contribution in [3.63, 3.8) is 0 Å². The van der Waals surface area contributed by atoms with Gasteiger partial charge in [-0.2, -0.15) is 4.99 Å². The number of anilines is 1. The highest BCUT2D eigenvalue weighted by atomic mass is 79.9. The molecule has 0 radical (unpaired) electrons. The monoisotopic (exact) mass is 266 g/mol. The van der Waals surface area contributed by atoms with Gasteiger partial charge in [0.1, 0.15) is 0 Å². The SMILES string of the molecule is CN1CCC(N=C=O)c2cccc(Br)c21. The summed E-state index contributed by atoms with van der Waals surface area (Å²) < 4.78 is 1.05. The van der Waals surface area contributed by atoms with E-state index in [-0.39, 0.29) is 6.04 Å². The van der Waals surface area contributed by atoms with Gasteiger partial charge in [0, 0.05) is 23.6 Å². The highest BCUT2D eigenvalue weighted by molar-refractivity contribution is 9.10. The van der Waals surface area contributed by atoms with Crippen LogP contribution in [-0.4, -0.2) is 19.7 Å². The van der Waals surface area contributed by atoms with Crippen molar-refractivity contribution in [3.05, 3.63) is 28.2 Å². The highest BCUT2D eigenvalue weighted by Gasteiger charge is 2.24. The Morgan fingerprint density at radius 2 is 2.40 bits per heavy atom. The molecule has 1 aromatic carbocycles. The molecule has 1 unspecified atom stereocenters. The molecule has 1 aliphatic rings. The summed E-state index contributed by atoms with van der Waals surface area (Å²) in [7, 11) is 2.05. The van der Waals surface area contributed by atoms with Gasteiger partial charge in [0.05, 0.1) is 11.7 Å². The van der Waals surface area contributed by atoms with E-state index in [1.165, 1.54) is 0 Å². The van der Waals surface area contributed by atoms with Crippen molar-refractivity contribution >= 4 is 27.7 Å². The Hall–Kier alpha value is -1.12. The van der Waals surface area contributed by atoms with Crippen LogP contribution in [0.2, 0.25) is 0 Å². The van der Waals surface area contributed by atoms with Gasteiger partial charge in [-0.15, -0.1) is 0 Å². The van der Waals surface area contributed by atoms with Crippen molar-refractivity contribution in [2.45, 2.75) is 12.5 Å². The minimum atomic E-state index is -0.0359. The first-order chi connectivity index (χ1) is 7.24. The van der Waals surface area contributed by atoms with E-state index in [0.717, 1.165) is 28.7 Å². The molecule has 0 saturated carbocycles. The number of isocyanates is 1. The fourth-order valence-corrected chi connectivity index (χ4v) is 2.67. The fourth-order valence-electron chi connectivity index (χ4n) is 1.98. The second kappa shape index (κ2) is 4.17. The van der Waals surface area contributed by atoms with E-state index in [9.17, 15) is 4.79 Å². The number of aliphatic imine (C=N–C) groups is 1. The number of benzene rings is 1. The summed E-state index contributed by atoms with van der Waals surface area (Å²) in [6, 6.07) is 5.95. The summed E-state index contributed by atoms with van der Waals surface area (Å²) in [4.78, 5) is 16.4. The molecule has 3 nitrogen and oxygen atoms in total. The summed E-state index contributed by atoms with van der Waals surface area (Å²) in [5.41, 5.74) is 2.23. The number of halogens is 1. The van der Waals surface area contributed by atoms with Crippen LogP contribution < -0.4 is 4.90 Å². The van der Waals surface area contributed by atoms with E-state index in [2.05, 4.69) is 25.8 Å². The predicted octanol–water partition coefficient (Wildman–Crippen LogP) is 2.67. The number of nitrogens with zero attached hydrogens (tertiary/aromatic N) is 2. The van der Waals surface area contributed by atoms with Crippen molar-refractivity contribution in [1.82, 2.24) is 0 Å². The normalized spacial score (nSPS) is 19.3. The topological polar surface area (TPSA) is 32.7 Å². The lowest BCUT2D eigenvalue weighted by molar-refractivity contribution is 0.549. The quantitative estimate of drug-likeness (QED) is 0.579. The highest BCUT2D eigenvalue weighted by Crippen LogP contribution is 2.39. The summed E-state index contributed by atoms with van der Waals surface area (Å²) in [5, 5.41) is 0. The summed E-state index contributed by atoms with van der Waals surface area (Å²) in [6.07, 6.45) is 2.52. The maximum absolute atomic E-state index is 10.3. The molecular weight excluding hydrogens is 256 g/mol. The van der Waals surface area contributed by atoms with Crippen LogP contribution in [-0.2, 0) is 4.79 Å². The van der Waals surface area contributed by atoms with Crippen molar-refractivity contribution in [2.24, 2.45) is 4.99 Å². The molecule has 0 spiro atoms. The third kappa shape index (κ3) is 1.83. The molecule has 1 aromatic rings. The average Bonchev–Trinajstić information content (AvgIpc) is 2.22. The number of carbonyl (C=O) groups excluding carboxylic acids is 1. The molecule has 15 heavy (non-hydrogen) atoms. The largest absolute Gasteiger partial charge is 0.373 e. The third-order valence-electron chi connectivity index (χ3n) is 2.71.